The molecule has 0 amide bonds. The smallest absolute Gasteiger partial charge is 0.161 e. The Balaban J connectivity index is -0.000000380. The Morgan fingerprint density at radius 1 is 0.833 bits per heavy atom. The first-order chi connectivity index (χ1) is 11.4. The van der Waals surface area contributed by atoms with Crippen LogP contribution in [0.1, 0.15) is 41.6 Å². The molecule has 0 heterocycles. The molecule has 0 spiro atoms. The molecule has 132 valence electrons. The third-order valence-corrected chi connectivity index (χ3v) is 2.69. The topological polar surface area (TPSA) is 58.9 Å². The van der Waals surface area contributed by atoms with Crippen molar-refractivity contribution in [3.63, 3.8) is 0 Å². The van der Waals surface area contributed by atoms with Crippen LogP contribution < -0.4 is 9.47 Å². The van der Waals surface area contributed by atoms with E-state index >= 15 is 0 Å². The summed E-state index contributed by atoms with van der Waals surface area (Å²) in [6, 6.07) is 6.04. The SMILES string of the molecule is CC#CC#CC#CC.COc1ccc(C(C)(C)C)cc1OC.OO.[HH]. The molecule has 0 atom stereocenters. The standard InChI is InChI=1S/C12H18O2.C8H6.H2O2.H2/c1-12(2,3)9-6-7-10(13-4)11(8-9)14-5;1-3-5-7-8-6-4-2;1-2;/h6-8H,1-5H3;1-2H3;1-2H;1H. The van der Waals surface area contributed by atoms with Crippen molar-refractivity contribution in [2.45, 2.75) is 40.0 Å². The zero-order valence-corrected chi connectivity index (χ0v) is 15.4. The van der Waals surface area contributed by atoms with E-state index in [2.05, 4.69) is 62.4 Å². The zero-order valence-electron chi connectivity index (χ0n) is 15.4. The third-order valence-electron chi connectivity index (χ3n) is 2.69. The first-order valence-electron chi connectivity index (χ1n) is 7.16. The van der Waals surface area contributed by atoms with Gasteiger partial charge in [0.15, 0.2) is 11.5 Å². The second-order valence-electron chi connectivity index (χ2n) is 5.32. The Kier molecular flexibility index (Phi) is 13.9. The van der Waals surface area contributed by atoms with Gasteiger partial charge < -0.3 is 9.47 Å². The van der Waals surface area contributed by atoms with Crippen LogP contribution in [0.2, 0.25) is 0 Å². The van der Waals surface area contributed by atoms with Gasteiger partial charge in [0.25, 0.3) is 0 Å². The van der Waals surface area contributed by atoms with Crippen LogP contribution in [0.25, 0.3) is 0 Å². The van der Waals surface area contributed by atoms with E-state index in [1.807, 2.05) is 12.1 Å². The molecule has 0 aliphatic carbocycles. The fraction of sp³-hybridized carbons (Fsp3) is 0.400. The number of methoxy groups -OCH3 is 2. The fourth-order valence-electron chi connectivity index (χ4n) is 1.49. The summed E-state index contributed by atoms with van der Waals surface area (Å²) >= 11 is 0. The van der Waals surface area contributed by atoms with E-state index in [1.54, 1.807) is 28.1 Å². The molecule has 0 saturated heterocycles. The lowest BCUT2D eigenvalue weighted by molar-refractivity contribution is -0.176. The Morgan fingerprint density at radius 2 is 1.29 bits per heavy atom. The summed E-state index contributed by atoms with van der Waals surface area (Å²) in [6.07, 6.45) is 0. The lowest BCUT2D eigenvalue weighted by Gasteiger charge is -2.20. The average molecular weight is 332 g/mol. The number of benzene rings is 1. The lowest BCUT2D eigenvalue weighted by atomic mass is 9.87. The minimum atomic E-state index is 0. The van der Waals surface area contributed by atoms with Crippen LogP contribution in [0.15, 0.2) is 18.2 Å². The highest BCUT2D eigenvalue weighted by atomic mass is 17.0. The molecule has 1 aromatic carbocycles. The van der Waals surface area contributed by atoms with Crippen LogP contribution in [-0.2, 0) is 5.41 Å². The molecule has 2 N–H and O–H groups in total. The lowest BCUT2D eigenvalue weighted by Crippen LogP contribution is -2.11. The van der Waals surface area contributed by atoms with Gasteiger partial charge in [-0.1, -0.05) is 38.7 Å². The van der Waals surface area contributed by atoms with Crippen LogP contribution in [0.3, 0.4) is 0 Å². The van der Waals surface area contributed by atoms with Gasteiger partial charge in [0.1, 0.15) is 0 Å². The summed E-state index contributed by atoms with van der Waals surface area (Å²) in [6.45, 7) is 10.0. The van der Waals surface area contributed by atoms with E-state index in [1.165, 1.54) is 5.56 Å². The minimum Gasteiger partial charge on any atom is -0.493 e. The van der Waals surface area contributed by atoms with Crippen molar-refractivity contribution in [3.05, 3.63) is 23.8 Å². The normalized spacial score (nSPS) is 8.04. The van der Waals surface area contributed by atoms with Gasteiger partial charge in [-0.3, -0.25) is 10.5 Å². The summed E-state index contributed by atoms with van der Waals surface area (Å²) < 4.78 is 10.4. The summed E-state index contributed by atoms with van der Waals surface area (Å²) in [5, 5.41) is 12.0. The van der Waals surface area contributed by atoms with E-state index in [0.717, 1.165) is 11.5 Å². The number of hydrogen-bond donors (Lipinski definition) is 2. The van der Waals surface area contributed by atoms with Gasteiger partial charge in [-0.15, -0.1) is 0 Å². The molecule has 0 saturated carbocycles. The van der Waals surface area contributed by atoms with Gasteiger partial charge >= 0.3 is 0 Å². The van der Waals surface area contributed by atoms with Crippen LogP contribution in [0, 0.1) is 35.5 Å². The maximum Gasteiger partial charge on any atom is 0.161 e. The van der Waals surface area contributed by atoms with Crippen molar-refractivity contribution in [1.29, 1.82) is 0 Å². The fourth-order valence-corrected chi connectivity index (χ4v) is 1.49. The summed E-state index contributed by atoms with van der Waals surface area (Å²) in [5.41, 5.74) is 1.38. The molecule has 4 heteroatoms. The molecular weight excluding hydrogens is 304 g/mol. The molecule has 0 aliphatic rings. The van der Waals surface area contributed by atoms with Gasteiger partial charge in [-0.2, -0.15) is 0 Å². The second-order valence-corrected chi connectivity index (χ2v) is 5.32. The molecule has 1 rings (SSSR count). The molecule has 1 aromatic rings. The number of hydrogen-bond acceptors (Lipinski definition) is 4. The molecular formula is C20H28O4. The first kappa shape index (κ1) is 23.7. The first-order valence-corrected chi connectivity index (χ1v) is 7.16. The quantitative estimate of drug-likeness (QED) is 0.481. The van der Waals surface area contributed by atoms with Crippen LogP contribution in [-0.4, -0.2) is 24.7 Å². The Bertz CT molecular complexity index is 633. The van der Waals surface area contributed by atoms with Crippen molar-refractivity contribution in [1.82, 2.24) is 0 Å². The van der Waals surface area contributed by atoms with E-state index in [-0.39, 0.29) is 6.84 Å². The Hall–Kier alpha value is -2.58. The summed E-state index contributed by atoms with van der Waals surface area (Å²) in [5.74, 6) is 17.1. The highest BCUT2D eigenvalue weighted by Gasteiger charge is 2.15. The van der Waals surface area contributed by atoms with Crippen LogP contribution in [0.4, 0.5) is 0 Å². The predicted octanol–water partition coefficient (Wildman–Crippen LogP) is 4.30. The van der Waals surface area contributed by atoms with E-state index in [4.69, 9.17) is 20.0 Å². The van der Waals surface area contributed by atoms with E-state index in [9.17, 15) is 0 Å². The maximum atomic E-state index is 6.00. The molecule has 24 heavy (non-hydrogen) atoms. The van der Waals surface area contributed by atoms with Gasteiger partial charge in [0.05, 0.1) is 14.2 Å². The highest BCUT2D eigenvalue weighted by Crippen LogP contribution is 2.32. The molecule has 4 nitrogen and oxygen atoms in total. The van der Waals surface area contributed by atoms with Crippen molar-refractivity contribution < 1.29 is 21.4 Å². The molecule has 0 aromatic heterocycles. The largest absolute Gasteiger partial charge is 0.493 e. The number of ether oxygens (including phenoxy) is 2. The third kappa shape index (κ3) is 10.2. The molecule has 0 aliphatic heterocycles. The average Bonchev–Trinajstić information content (AvgIpc) is 2.59. The minimum absolute atomic E-state index is 0. The van der Waals surface area contributed by atoms with E-state index < -0.39 is 0 Å². The van der Waals surface area contributed by atoms with Crippen LogP contribution >= 0.6 is 0 Å². The Morgan fingerprint density at radius 3 is 1.62 bits per heavy atom. The zero-order chi connectivity index (χ0) is 19.0. The molecule has 0 unspecified atom stereocenters. The van der Waals surface area contributed by atoms with Crippen LogP contribution in [0.5, 0.6) is 11.5 Å². The second kappa shape index (κ2) is 14.0. The molecule has 0 radical (unpaired) electrons. The van der Waals surface area contributed by atoms with E-state index in [0.29, 0.717) is 0 Å². The van der Waals surface area contributed by atoms with Gasteiger partial charge in [0.2, 0.25) is 0 Å². The predicted molar refractivity (Wildman–Crippen MR) is 100 cm³/mol. The van der Waals surface area contributed by atoms with Gasteiger partial charge in [0, 0.05) is 1.43 Å². The number of rotatable bonds is 2. The summed E-state index contributed by atoms with van der Waals surface area (Å²) in [7, 11) is 3.30. The summed E-state index contributed by atoms with van der Waals surface area (Å²) in [4.78, 5) is 0. The molecule has 0 fully saturated rings. The van der Waals surface area contributed by atoms with Crippen molar-refractivity contribution in [2.75, 3.05) is 14.2 Å². The van der Waals surface area contributed by atoms with Crippen molar-refractivity contribution in [2.24, 2.45) is 0 Å². The molecule has 0 bridgehead atoms. The van der Waals surface area contributed by atoms with Crippen molar-refractivity contribution in [3.8, 4) is 47.0 Å². The maximum absolute atomic E-state index is 6.00. The monoisotopic (exact) mass is 332 g/mol. The highest BCUT2D eigenvalue weighted by molar-refractivity contribution is 5.44. The van der Waals surface area contributed by atoms with Crippen molar-refractivity contribution >= 4 is 0 Å². The Labute approximate surface area is 147 Å². The van der Waals surface area contributed by atoms with Gasteiger partial charge in [-0.05, 0) is 60.6 Å². The van der Waals surface area contributed by atoms with Gasteiger partial charge in [-0.25, -0.2) is 0 Å².